The molecule has 3 atom stereocenters. The Morgan fingerprint density at radius 1 is 1.36 bits per heavy atom. The van der Waals surface area contributed by atoms with E-state index in [9.17, 15) is 0 Å². The van der Waals surface area contributed by atoms with Crippen molar-refractivity contribution in [2.75, 3.05) is 6.54 Å². The molecule has 1 unspecified atom stereocenters. The molecular weight excluding hydrogens is 170 g/mol. The van der Waals surface area contributed by atoms with Gasteiger partial charge in [0.15, 0.2) is 0 Å². The molecule has 0 saturated heterocycles. The quantitative estimate of drug-likeness (QED) is 0.712. The van der Waals surface area contributed by atoms with Crippen molar-refractivity contribution in [1.82, 2.24) is 5.32 Å². The highest BCUT2D eigenvalue weighted by atomic mass is 15.0. The molecule has 14 heavy (non-hydrogen) atoms. The van der Waals surface area contributed by atoms with Gasteiger partial charge in [0.05, 0.1) is 0 Å². The number of rotatable bonds is 5. The lowest BCUT2D eigenvalue weighted by Crippen LogP contribution is -2.44. The molecule has 0 aliphatic heterocycles. The van der Waals surface area contributed by atoms with Crippen LogP contribution >= 0.6 is 0 Å². The normalized spacial score (nSPS) is 29.8. The van der Waals surface area contributed by atoms with Gasteiger partial charge in [0.1, 0.15) is 0 Å². The first-order valence-electron chi connectivity index (χ1n) is 6.21. The first kappa shape index (κ1) is 12.0. The first-order valence-corrected chi connectivity index (χ1v) is 6.21. The molecule has 84 valence electrons. The summed E-state index contributed by atoms with van der Waals surface area (Å²) in [6.45, 7) is 12.8. The van der Waals surface area contributed by atoms with Gasteiger partial charge in [-0.1, -0.05) is 27.2 Å². The second kappa shape index (κ2) is 4.65. The molecule has 0 radical (unpaired) electrons. The molecule has 0 amide bonds. The van der Waals surface area contributed by atoms with E-state index in [1.807, 2.05) is 0 Å². The van der Waals surface area contributed by atoms with E-state index >= 15 is 0 Å². The van der Waals surface area contributed by atoms with E-state index in [2.05, 4.69) is 39.9 Å². The molecule has 1 fully saturated rings. The zero-order chi connectivity index (χ0) is 10.8. The molecule has 1 heteroatoms. The summed E-state index contributed by atoms with van der Waals surface area (Å²) in [5.41, 5.74) is 0.321. The van der Waals surface area contributed by atoms with Crippen LogP contribution in [0.3, 0.4) is 0 Å². The summed E-state index contributed by atoms with van der Waals surface area (Å²) < 4.78 is 0. The Morgan fingerprint density at radius 2 is 2.00 bits per heavy atom. The van der Waals surface area contributed by atoms with Crippen LogP contribution in [-0.2, 0) is 0 Å². The maximum absolute atomic E-state index is 3.68. The maximum Gasteiger partial charge on any atom is 0.0122 e. The van der Waals surface area contributed by atoms with E-state index in [0.717, 1.165) is 17.8 Å². The van der Waals surface area contributed by atoms with Gasteiger partial charge in [0, 0.05) is 5.54 Å². The van der Waals surface area contributed by atoms with Crippen LogP contribution in [0.15, 0.2) is 0 Å². The largest absolute Gasteiger partial charge is 0.312 e. The van der Waals surface area contributed by atoms with Gasteiger partial charge in [-0.3, -0.25) is 0 Å². The van der Waals surface area contributed by atoms with Gasteiger partial charge in [0.2, 0.25) is 0 Å². The van der Waals surface area contributed by atoms with Crippen LogP contribution in [0.4, 0.5) is 0 Å². The standard InChI is InChI=1S/C13H27N/c1-6-13(4,5)14-9-11(3)12-8-7-10(12)2/h10-12,14H,6-9H2,1-5H3/t10-,11?,12+/m0/s1. The van der Waals surface area contributed by atoms with Gasteiger partial charge in [-0.05, 0) is 51.0 Å². The average molecular weight is 197 g/mol. The fourth-order valence-corrected chi connectivity index (χ4v) is 2.25. The predicted octanol–water partition coefficient (Wildman–Crippen LogP) is 3.45. The van der Waals surface area contributed by atoms with E-state index in [-0.39, 0.29) is 0 Å². The van der Waals surface area contributed by atoms with Crippen LogP contribution in [0.2, 0.25) is 0 Å². The molecule has 1 rings (SSSR count). The van der Waals surface area contributed by atoms with Crippen molar-refractivity contribution in [1.29, 1.82) is 0 Å². The van der Waals surface area contributed by atoms with Gasteiger partial charge >= 0.3 is 0 Å². The monoisotopic (exact) mass is 197 g/mol. The van der Waals surface area contributed by atoms with Gasteiger partial charge in [-0.15, -0.1) is 0 Å². The molecule has 0 aromatic rings. The summed E-state index contributed by atoms with van der Waals surface area (Å²) in [7, 11) is 0. The van der Waals surface area contributed by atoms with E-state index in [1.165, 1.54) is 25.8 Å². The predicted molar refractivity (Wildman–Crippen MR) is 63.4 cm³/mol. The lowest BCUT2D eigenvalue weighted by atomic mass is 9.68. The summed E-state index contributed by atoms with van der Waals surface area (Å²) >= 11 is 0. The number of nitrogens with one attached hydrogen (secondary N) is 1. The second-order valence-corrected chi connectivity index (χ2v) is 5.81. The summed E-state index contributed by atoms with van der Waals surface area (Å²) in [6.07, 6.45) is 4.11. The van der Waals surface area contributed by atoms with Crippen LogP contribution in [0, 0.1) is 17.8 Å². The Kier molecular flexibility index (Phi) is 4.00. The average Bonchev–Trinajstić information content (AvgIpc) is 2.12. The minimum Gasteiger partial charge on any atom is -0.312 e. The molecule has 1 saturated carbocycles. The Morgan fingerprint density at radius 3 is 2.36 bits per heavy atom. The third-order valence-electron chi connectivity index (χ3n) is 4.20. The van der Waals surface area contributed by atoms with Crippen molar-refractivity contribution in [2.24, 2.45) is 17.8 Å². The fourth-order valence-electron chi connectivity index (χ4n) is 2.25. The highest BCUT2D eigenvalue weighted by molar-refractivity contribution is 4.84. The molecule has 0 aromatic heterocycles. The van der Waals surface area contributed by atoms with Crippen molar-refractivity contribution in [3.8, 4) is 0 Å². The highest BCUT2D eigenvalue weighted by Gasteiger charge is 2.31. The molecule has 1 nitrogen and oxygen atoms in total. The Labute approximate surface area is 89.7 Å². The van der Waals surface area contributed by atoms with Crippen molar-refractivity contribution < 1.29 is 0 Å². The van der Waals surface area contributed by atoms with Crippen molar-refractivity contribution in [3.05, 3.63) is 0 Å². The van der Waals surface area contributed by atoms with Gasteiger partial charge in [-0.25, -0.2) is 0 Å². The van der Waals surface area contributed by atoms with Crippen molar-refractivity contribution in [3.63, 3.8) is 0 Å². The van der Waals surface area contributed by atoms with Crippen molar-refractivity contribution in [2.45, 2.75) is 59.4 Å². The fraction of sp³-hybridized carbons (Fsp3) is 1.00. The molecule has 0 spiro atoms. The Hall–Kier alpha value is -0.0400. The minimum absolute atomic E-state index is 0.321. The highest BCUT2D eigenvalue weighted by Crippen LogP contribution is 2.39. The molecular formula is C13H27N. The SMILES string of the molecule is CCC(C)(C)NCC(C)[C@@H]1CC[C@@H]1C. The van der Waals surface area contributed by atoms with Gasteiger partial charge in [-0.2, -0.15) is 0 Å². The zero-order valence-corrected chi connectivity index (χ0v) is 10.6. The lowest BCUT2D eigenvalue weighted by Gasteiger charge is -2.40. The lowest BCUT2D eigenvalue weighted by molar-refractivity contribution is 0.121. The maximum atomic E-state index is 3.68. The summed E-state index contributed by atoms with van der Waals surface area (Å²) in [5, 5.41) is 3.68. The molecule has 1 N–H and O–H groups in total. The van der Waals surface area contributed by atoms with Crippen molar-refractivity contribution >= 4 is 0 Å². The molecule has 0 heterocycles. The Bertz CT molecular complexity index is 174. The van der Waals surface area contributed by atoms with E-state index in [4.69, 9.17) is 0 Å². The molecule has 1 aliphatic rings. The van der Waals surface area contributed by atoms with Gasteiger partial charge in [0.25, 0.3) is 0 Å². The van der Waals surface area contributed by atoms with E-state index in [1.54, 1.807) is 0 Å². The van der Waals surface area contributed by atoms with Crippen LogP contribution in [-0.4, -0.2) is 12.1 Å². The number of hydrogen-bond acceptors (Lipinski definition) is 1. The smallest absolute Gasteiger partial charge is 0.0122 e. The zero-order valence-electron chi connectivity index (χ0n) is 10.6. The number of hydrogen-bond donors (Lipinski definition) is 1. The summed E-state index contributed by atoms with van der Waals surface area (Å²) in [6, 6.07) is 0. The minimum atomic E-state index is 0.321. The molecule has 0 aromatic carbocycles. The molecule has 1 aliphatic carbocycles. The van der Waals surface area contributed by atoms with Crippen LogP contribution < -0.4 is 5.32 Å². The summed E-state index contributed by atoms with van der Waals surface area (Å²) in [5.74, 6) is 2.80. The van der Waals surface area contributed by atoms with Crippen LogP contribution in [0.1, 0.15) is 53.9 Å². The van der Waals surface area contributed by atoms with Gasteiger partial charge < -0.3 is 5.32 Å². The van der Waals surface area contributed by atoms with Crippen LogP contribution in [0.5, 0.6) is 0 Å². The topological polar surface area (TPSA) is 12.0 Å². The third kappa shape index (κ3) is 2.98. The molecule has 0 bridgehead atoms. The Balaban J connectivity index is 2.24. The summed E-state index contributed by atoms with van der Waals surface area (Å²) in [4.78, 5) is 0. The third-order valence-corrected chi connectivity index (χ3v) is 4.20. The van der Waals surface area contributed by atoms with Crippen LogP contribution in [0.25, 0.3) is 0 Å². The second-order valence-electron chi connectivity index (χ2n) is 5.81. The first-order chi connectivity index (χ1) is 6.46. The van der Waals surface area contributed by atoms with E-state index < -0.39 is 0 Å². The van der Waals surface area contributed by atoms with E-state index in [0.29, 0.717) is 5.54 Å².